The Morgan fingerprint density at radius 2 is 1.94 bits per heavy atom. The summed E-state index contributed by atoms with van der Waals surface area (Å²) in [7, 11) is 2.98. The Morgan fingerprint density at radius 3 is 2.47 bits per heavy atom. The molecule has 96 valence electrons. The minimum Gasteiger partial charge on any atom is -0.504 e. The standard InChI is InChI=1S/C12H17ClO4/c1-9-4-5-10(14)11(6-9)17-8-12(7-13,15-2)16-3/h4-6,14H,7-8H2,1-3H3. The van der Waals surface area contributed by atoms with Gasteiger partial charge in [0.15, 0.2) is 11.5 Å². The number of benzene rings is 1. The molecule has 0 saturated heterocycles. The molecule has 0 atom stereocenters. The van der Waals surface area contributed by atoms with Crippen LogP contribution in [0.1, 0.15) is 5.56 Å². The van der Waals surface area contributed by atoms with Gasteiger partial charge in [0.25, 0.3) is 0 Å². The van der Waals surface area contributed by atoms with Gasteiger partial charge in [0, 0.05) is 14.2 Å². The molecule has 0 unspecified atom stereocenters. The van der Waals surface area contributed by atoms with Crippen LogP contribution in [0.5, 0.6) is 11.5 Å². The number of alkyl halides is 1. The van der Waals surface area contributed by atoms with Crippen LogP contribution in [0.25, 0.3) is 0 Å². The molecule has 0 amide bonds. The van der Waals surface area contributed by atoms with Crippen molar-refractivity contribution in [1.29, 1.82) is 0 Å². The summed E-state index contributed by atoms with van der Waals surface area (Å²) in [5.41, 5.74) is 0.990. The molecule has 0 bridgehead atoms. The number of methoxy groups -OCH3 is 2. The molecule has 4 nitrogen and oxygen atoms in total. The van der Waals surface area contributed by atoms with Crippen LogP contribution < -0.4 is 4.74 Å². The van der Waals surface area contributed by atoms with Gasteiger partial charge in [-0.05, 0) is 24.6 Å². The quantitative estimate of drug-likeness (QED) is 0.630. The van der Waals surface area contributed by atoms with Crippen molar-refractivity contribution in [3.63, 3.8) is 0 Å². The summed E-state index contributed by atoms with van der Waals surface area (Å²) < 4.78 is 15.8. The maximum absolute atomic E-state index is 9.61. The van der Waals surface area contributed by atoms with E-state index in [1.54, 1.807) is 18.2 Å². The van der Waals surface area contributed by atoms with Crippen molar-refractivity contribution >= 4 is 11.6 Å². The van der Waals surface area contributed by atoms with Gasteiger partial charge in [0.1, 0.15) is 6.61 Å². The van der Waals surface area contributed by atoms with E-state index in [4.69, 9.17) is 25.8 Å². The molecule has 5 heteroatoms. The number of ether oxygens (including phenoxy) is 3. The molecule has 0 radical (unpaired) electrons. The van der Waals surface area contributed by atoms with Gasteiger partial charge in [-0.15, -0.1) is 11.6 Å². The Balaban J connectivity index is 2.75. The van der Waals surface area contributed by atoms with E-state index in [1.807, 2.05) is 6.92 Å². The van der Waals surface area contributed by atoms with Crippen molar-refractivity contribution < 1.29 is 19.3 Å². The fourth-order valence-corrected chi connectivity index (χ4v) is 1.57. The van der Waals surface area contributed by atoms with E-state index in [0.717, 1.165) is 5.56 Å². The van der Waals surface area contributed by atoms with E-state index in [-0.39, 0.29) is 18.2 Å². The Kier molecular flexibility index (Phi) is 5.05. The largest absolute Gasteiger partial charge is 0.504 e. The number of hydrogen-bond donors (Lipinski definition) is 1. The van der Waals surface area contributed by atoms with Crippen molar-refractivity contribution in [3.8, 4) is 11.5 Å². The van der Waals surface area contributed by atoms with Crippen molar-refractivity contribution in [2.45, 2.75) is 12.7 Å². The molecular formula is C12H17ClO4. The third-order valence-electron chi connectivity index (χ3n) is 2.51. The zero-order valence-electron chi connectivity index (χ0n) is 10.2. The number of phenols is 1. The van der Waals surface area contributed by atoms with Crippen LogP contribution in [0.15, 0.2) is 18.2 Å². The molecule has 0 aliphatic rings. The Bertz CT molecular complexity index is 355. The van der Waals surface area contributed by atoms with Gasteiger partial charge in [0.05, 0.1) is 5.88 Å². The van der Waals surface area contributed by atoms with Crippen molar-refractivity contribution in [2.24, 2.45) is 0 Å². The lowest BCUT2D eigenvalue weighted by Gasteiger charge is -2.28. The number of aryl methyl sites for hydroxylation is 1. The molecule has 1 aromatic carbocycles. The van der Waals surface area contributed by atoms with E-state index >= 15 is 0 Å². The van der Waals surface area contributed by atoms with Gasteiger partial charge in [-0.2, -0.15) is 0 Å². The molecule has 17 heavy (non-hydrogen) atoms. The highest BCUT2D eigenvalue weighted by molar-refractivity contribution is 6.18. The van der Waals surface area contributed by atoms with Gasteiger partial charge in [-0.3, -0.25) is 0 Å². The maximum Gasteiger partial charge on any atom is 0.216 e. The predicted molar refractivity (Wildman–Crippen MR) is 65.8 cm³/mol. The summed E-state index contributed by atoms with van der Waals surface area (Å²) in [6.45, 7) is 2.01. The second-order valence-electron chi connectivity index (χ2n) is 3.71. The van der Waals surface area contributed by atoms with Crippen LogP contribution in [0.3, 0.4) is 0 Å². The second-order valence-corrected chi connectivity index (χ2v) is 3.98. The number of phenolic OH excluding ortho intramolecular Hbond substituents is 1. The van der Waals surface area contributed by atoms with Gasteiger partial charge in [-0.1, -0.05) is 6.07 Å². The molecule has 0 aliphatic heterocycles. The van der Waals surface area contributed by atoms with E-state index < -0.39 is 5.79 Å². The molecule has 0 aliphatic carbocycles. The average molecular weight is 261 g/mol. The molecule has 1 rings (SSSR count). The molecule has 0 saturated carbocycles. The van der Waals surface area contributed by atoms with Gasteiger partial charge < -0.3 is 19.3 Å². The third kappa shape index (κ3) is 3.49. The van der Waals surface area contributed by atoms with Crippen molar-refractivity contribution in [3.05, 3.63) is 23.8 Å². The lowest BCUT2D eigenvalue weighted by Crippen LogP contribution is -2.42. The molecule has 0 fully saturated rings. The second kappa shape index (κ2) is 6.10. The first-order valence-electron chi connectivity index (χ1n) is 5.15. The van der Waals surface area contributed by atoms with E-state index in [1.165, 1.54) is 14.2 Å². The van der Waals surface area contributed by atoms with Crippen LogP contribution in [0, 0.1) is 6.92 Å². The molecule has 0 aromatic heterocycles. The Morgan fingerprint density at radius 1 is 1.29 bits per heavy atom. The molecule has 1 N–H and O–H groups in total. The van der Waals surface area contributed by atoms with Crippen LogP contribution in [-0.2, 0) is 9.47 Å². The molecule has 0 heterocycles. The summed E-state index contributed by atoms with van der Waals surface area (Å²) >= 11 is 5.77. The van der Waals surface area contributed by atoms with E-state index in [0.29, 0.717) is 5.75 Å². The summed E-state index contributed by atoms with van der Waals surface area (Å²) in [6.07, 6.45) is 0. The maximum atomic E-state index is 9.61. The fourth-order valence-electron chi connectivity index (χ4n) is 1.27. The number of rotatable bonds is 6. The Hall–Kier alpha value is -0.970. The summed E-state index contributed by atoms with van der Waals surface area (Å²) in [5, 5.41) is 9.61. The number of aromatic hydroxyl groups is 1. The minimum atomic E-state index is -1.00. The first-order chi connectivity index (χ1) is 8.06. The van der Waals surface area contributed by atoms with Crippen LogP contribution >= 0.6 is 11.6 Å². The van der Waals surface area contributed by atoms with Crippen LogP contribution in [-0.4, -0.2) is 37.6 Å². The average Bonchev–Trinajstić information content (AvgIpc) is 2.35. The fraction of sp³-hybridized carbons (Fsp3) is 0.500. The lowest BCUT2D eigenvalue weighted by molar-refractivity contribution is -0.206. The van der Waals surface area contributed by atoms with Crippen molar-refractivity contribution in [2.75, 3.05) is 26.7 Å². The number of halogens is 1. The smallest absolute Gasteiger partial charge is 0.216 e. The van der Waals surface area contributed by atoms with Crippen molar-refractivity contribution in [1.82, 2.24) is 0 Å². The SMILES string of the molecule is COC(CCl)(COc1cc(C)ccc1O)OC. The lowest BCUT2D eigenvalue weighted by atomic mass is 10.2. The highest BCUT2D eigenvalue weighted by atomic mass is 35.5. The third-order valence-corrected chi connectivity index (χ3v) is 2.92. The highest BCUT2D eigenvalue weighted by Crippen LogP contribution is 2.28. The van der Waals surface area contributed by atoms with Crippen LogP contribution in [0.2, 0.25) is 0 Å². The number of hydrogen-bond acceptors (Lipinski definition) is 4. The van der Waals surface area contributed by atoms with E-state index in [2.05, 4.69) is 0 Å². The molecule has 1 aromatic rings. The molecule has 0 spiro atoms. The summed E-state index contributed by atoms with van der Waals surface area (Å²) in [6, 6.07) is 5.11. The molecular weight excluding hydrogens is 244 g/mol. The van der Waals surface area contributed by atoms with Gasteiger partial charge >= 0.3 is 0 Å². The summed E-state index contributed by atoms with van der Waals surface area (Å²) in [4.78, 5) is 0. The first-order valence-corrected chi connectivity index (χ1v) is 5.69. The van der Waals surface area contributed by atoms with Gasteiger partial charge in [-0.25, -0.2) is 0 Å². The monoisotopic (exact) mass is 260 g/mol. The zero-order chi connectivity index (χ0) is 12.9. The zero-order valence-corrected chi connectivity index (χ0v) is 11.0. The predicted octanol–water partition coefficient (Wildman–Crippen LogP) is 2.31. The summed E-state index contributed by atoms with van der Waals surface area (Å²) in [5.74, 6) is -0.413. The normalized spacial score (nSPS) is 11.5. The highest BCUT2D eigenvalue weighted by Gasteiger charge is 2.30. The van der Waals surface area contributed by atoms with Gasteiger partial charge in [0.2, 0.25) is 5.79 Å². The van der Waals surface area contributed by atoms with Crippen LogP contribution in [0.4, 0.5) is 0 Å². The minimum absolute atomic E-state index is 0.0753. The van der Waals surface area contributed by atoms with E-state index in [9.17, 15) is 5.11 Å². The topological polar surface area (TPSA) is 47.9 Å². The first kappa shape index (κ1) is 14.1. The Labute approximate surface area is 106 Å².